The Kier molecular flexibility index (Phi) is 9.31. The molecule has 0 aliphatic carbocycles. The van der Waals surface area contributed by atoms with Crippen LogP contribution >= 0.6 is 24.0 Å². The third kappa shape index (κ3) is 6.73. The van der Waals surface area contributed by atoms with E-state index in [2.05, 4.69) is 46.5 Å². The monoisotopic (exact) mass is 477 g/mol. The lowest BCUT2D eigenvalue weighted by Gasteiger charge is -2.26. The molecular formula is C17H32IN7O. The van der Waals surface area contributed by atoms with Crippen LogP contribution in [0.15, 0.2) is 4.99 Å². The zero-order valence-corrected chi connectivity index (χ0v) is 18.8. The van der Waals surface area contributed by atoms with Crippen LogP contribution in [0.5, 0.6) is 0 Å². The SMILES string of the molecule is CCc1nc2n(n1)CC(NC(=NCC(=O)N(C)C)NCC(C)C)CC2.I. The van der Waals surface area contributed by atoms with Crippen molar-refractivity contribution < 1.29 is 4.79 Å². The van der Waals surface area contributed by atoms with Crippen molar-refractivity contribution in [3.63, 3.8) is 0 Å². The molecular weight excluding hydrogens is 445 g/mol. The number of likely N-dealkylation sites (N-methyl/N-ethyl adjacent to an activating group) is 1. The molecule has 1 aliphatic heterocycles. The van der Waals surface area contributed by atoms with Crippen molar-refractivity contribution in [3.8, 4) is 0 Å². The number of nitrogens with one attached hydrogen (secondary N) is 2. The van der Waals surface area contributed by atoms with Gasteiger partial charge in [0.1, 0.15) is 12.4 Å². The molecule has 1 aromatic rings. The molecule has 0 spiro atoms. The average molecular weight is 477 g/mol. The number of aryl methyl sites for hydroxylation is 2. The lowest BCUT2D eigenvalue weighted by atomic mass is 10.1. The number of hydrogen-bond acceptors (Lipinski definition) is 4. The highest BCUT2D eigenvalue weighted by atomic mass is 127. The molecule has 1 aliphatic rings. The first-order valence-electron chi connectivity index (χ1n) is 9.06. The highest BCUT2D eigenvalue weighted by molar-refractivity contribution is 14.0. The number of aliphatic imine (C=N–C) groups is 1. The zero-order chi connectivity index (χ0) is 18.4. The summed E-state index contributed by atoms with van der Waals surface area (Å²) in [4.78, 5) is 22.4. The molecule has 2 rings (SSSR count). The van der Waals surface area contributed by atoms with Crippen LogP contribution in [-0.4, -0.2) is 64.8 Å². The van der Waals surface area contributed by atoms with Crippen LogP contribution in [-0.2, 0) is 24.2 Å². The van der Waals surface area contributed by atoms with E-state index in [0.717, 1.165) is 44.0 Å². The quantitative estimate of drug-likeness (QED) is 0.364. The van der Waals surface area contributed by atoms with E-state index in [-0.39, 0.29) is 42.5 Å². The number of aromatic nitrogens is 3. The molecule has 0 saturated heterocycles. The van der Waals surface area contributed by atoms with Gasteiger partial charge in [-0.15, -0.1) is 24.0 Å². The van der Waals surface area contributed by atoms with Gasteiger partial charge < -0.3 is 15.5 Å². The molecule has 1 amide bonds. The molecule has 1 aromatic heterocycles. The van der Waals surface area contributed by atoms with Crippen LogP contribution in [0.4, 0.5) is 0 Å². The van der Waals surface area contributed by atoms with Crippen LogP contribution in [0.1, 0.15) is 38.8 Å². The van der Waals surface area contributed by atoms with E-state index < -0.39 is 0 Å². The smallest absolute Gasteiger partial charge is 0.243 e. The Morgan fingerprint density at radius 3 is 2.77 bits per heavy atom. The molecule has 9 heteroatoms. The lowest BCUT2D eigenvalue weighted by Crippen LogP contribution is -2.48. The molecule has 0 saturated carbocycles. The van der Waals surface area contributed by atoms with Gasteiger partial charge in [-0.2, -0.15) is 5.10 Å². The number of halogens is 1. The second-order valence-electron chi connectivity index (χ2n) is 7.09. The molecule has 148 valence electrons. The van der Waals surface area contributed by atoms with Crippen molar-refractivity contribution in [3.05, 3.63) is 11.6 Å². The van der Waals surface area contributed by atoms with Crippen molar-refractivity contribution in [1.82, 2.24) is 30.3 Å². The number of nitrogens with zero attached hydrogens (tertiary/aromatic N) is 5. The Morgan fingerprint density at radius 1 is 1.42 bits per heavy atom. The Hall–Kier alpha value is -1.39. The number of guanidine groups is 1. The van der Waals surface area contributed by atoms with Gasteiger partial charge in [0.15, 0.2) is 11.8 Å². The lowest BCUT2D eigenvalue weighted by molar-refractivity contribution is -0.127. The molecule has 1 unspecified atom stereocenters. The summed E-state index contributed by atoms with van der Waals surface area (Å²) in [5, 5.41) is 11.3. The van der Waals surface area contributed by atoms with Gasteiger partial charge in [0, 0.05) is 39.5 Å². The van der Waals surface area contributed by atoms with Crippen molar-refractivity contribution in [2.75, 3.05) is 27.2 Å². The van der Waals surface area contributed by atoms with Gasteiger partial charge in [0.25, 0.3) is 0 Å². The molecule has 0 aromatic carbocycles. The van der Waals surface area contributed by atoms with Gasteiger partial charge >= 0.3 is 0 Å². The number of rotatable bonds is 6. The number of fused-ring (bicyclic) bond motifs is 1. The Bertz CT molecular complexity index is 612. The minimum Gasteiger partial charge on any atom is -0.356 e. The minimum atomic E-state index is -0.0135. The minimum absolute atomic E-state index is 0. The fraction of sp³-hybridized carbons (Fsp3) is 0.765. The summed E-state index contributed by atoms with van der Waals surface area (Å²) in [7, 11) is 3.48. The summed E-state index contributed by atoms with van der Waals surface area (Å²) < 4.78 is 1.99. The van der Waals surface area contributed by atoms with Crippen molar-refractivity contribution in [2.45, 2.75) is 52.6 Å². The second kappa shape index (κ2) is 10.7. The first kappa shape index (κ1) is 22.7. The highest BCUT2D eigenvalue weighted by Crippen LogP contribution is 2.13. The van der Waals surface area contributed by atoms with Gasteiger partial charge in [-0.25, -0.2) is 14.7 Å². The van der Waals surface area contributed by atoms with Gasteiger partial charge in [-0.1, -0.05) is 20.8 Å². The first-order valence-corrected chi connectivity index (χ1v) is 9.06. The third-order valence-electron chi connectivity index (χ3n) is 4.11. The maximum absolute atomic E-state index is 11.8. The Labute approximate surface area is 173 Å². The van der Waals surface area contributed by atoms with E-state index in [1.807, 2.05) is 4.68 Å². The summed E-state index contributed by atoms with van der Waals surface area (Å²) >= 11 is 0. The number of hydrogen-bond donors (Lipinski definition) is 2. The molecule has 2 heterocycles. The molecule has 8 nitrogen and oxygen atoms in total. The van der Waals surface area contributed by atoms with Gasteiger partial charge in [-0.3, -0.25) is 4.79 Å². The highest BCUT2D eigenvalue weighted by Gasteiger charge is 2.22. The summed E-state index contributed by atoms with van der Waals surface area (Å²) in [6.07, 6.45) is 2.73. The van der Waals surface area contributed by atoms with E-state index in [1.165, 1.54) is 0 Å². The standard InChI is InChI=1S/C17H31N7O.HI/c1-6-14-21-15-8-7-13(11-24(15)22-14)20-17(18-9-12(2)3)19-10-16(25)23(4)5;/h12-13H,6-11H2,1-5H3,(H2,18,19,20);1H. The van der Waals surface area contributed by atoms with Crippen molar-refractivity contribution in [1.29, 1.82) is 0 Å². The van der Waals surface area contributed by atoms with Crippen LogP contribution in [0.3, 0.4) is 0 Å². The second-order valence-corrected chi connectivity index (χ2v) is 7.09. The average Bonchev–Trinajstić information content (AvgIpc) is 2.99. The van der Waals surface area contributed by atoms with Crippen LogP contribution in [0.25, 0.3) is 0 Å². The van der Waals surface area contributed by atoms with Crippen LogP contribution in [0.2, 0.25) is 0 Å². The molecule has 1 atom stereocenters. The fourth-order valence-electron chi connectivity index (χ4n) is 2.56. The maximum atomic E-state index is 11.8. The fourth-order valence-corrected chi connectivity index (χ4v) is 2.56. The molecule has 0 bridgehead atoms. The molecule has 0 radical (unpaired) electrons. The molecule has 26 heavy (non-hydrogen) atoms. The summed E-state index contributed by atoms with van der Waals surface area (Å²) in [6.45, 7) is 8.07. The van der Waals surface area contributed by atoms with Crippen molar-refractivity contribution in [2.24, 2.45) is 10.9 Å². The molecule has 2 N–H and O–H groups in total. The first-order chi connectivity index (χ1) is 11.9. The van der Waals surface area contributed by atoms with Crippen molar-refractivity contribution >= 4 is 35.8 Å². The number of carbonyl (C=O) groups excluding carboxylic acids is 1. The van der Waals surface area contributed by atoms with E-state index in [4.69, 9.17) is 0 Å². The van der Waals surface area contributed by atoms with E-state index in [9.17, 15) is 4.79 Å². The third-order valence-corrected chi connectivity index (χ3v) is 4.11. The zero-order valence-electron chi connectivity index (χ0n) is 16.4. The predicted molar refractivity (Wildman–Crippen MR) is 114 cm³/mol. The summed E-state index contributed by atoms with van der Waals surface area (Å²) in [5.74, 6) is 3.14. The maximum Gasteiger partial charge on any atom is 0.243 e. The van der Waals surface area contributed by atoms with E-state index >= 15 is 0 Å². The predicted octanol–water partition coefficient (Wildman–Crippen LogP) is 1.05. The topological polar surface area (TPSA) is 87.4 Å². The number of amides is 1. The summed E-state index contributed by atoms with van der Waals surface area (Å²) in [6, 6.07) is 0.228. The van der Waals surface area contributed by atoms with E-state index in [0.29, 0.717) is 11.9 Å². The van der Waals surface area contributed by atoms with Crippen LogP contribution < -0.4 is 10.6 Å². The molecule has 0 fully saturated rings. The number of carbonyl (C=O) groups is 1. The summed E-state index contributed by atoms with van der Waals surface area (Å²) in [5.41, 5.74) is 0. The van der Waals surface area contributed by atoms with Gasteiger partial charge in [-0.05, 0) is 12.3 Å². The van der Waals surface area contributed by atoms with Gasteiger partial charge in [0.2, 0.25) is 5.91 Å². The van der Waals surface area contributed by atoms with E-state index in [1.54, 1.807) is 19.0 Å². The largest absolute Gasteiger partial charge is 0.356 e. The van der Waals surface area contributed by atoms with Crippen LogP contribution in [0, 0.1) is 5.92 Å². The Balaban J connectivity index is 0.00000338. The van der Waals surface area contributed by atoms with Gasteiger partial charge in [0.05, 0.1) is 6.54 Å². The Morgan fingerprint density at radius 2 is 2.15 bits per heavy atom. The normalized spacial score (nSPS) is 16.7.